The largest absolute Gasteiger partial charge is 0.466 e. The lowest BCUT2D eigenvalue weighted by Crippen LogP contribution is -2.23. The fourth-order valence-electron chi connectivity index (χ4n) is 4.79. The molecule has 0 saturated carbocycles. The number of alkyl halides is 6. The minimum absolute atomic E-state index is 0.0220. The minimum Gasteiger partial charge on any atom is -0.466 e. The third-order valence-corrected chi connectivity index (χ3v) is 7.04. The maximum Gasteiger partial charge on any atom is 0.422 e. The summed E-state index contributed by atoms with van der Waals surface area (Å²) >= 11 is 0. The number of hydrogen-bond donors (Lipinski definition) is 0. The summed E-state index contributed by atoms with van der Waals surface area (Å²) in [7, 11) is 0. The topological polar surface area (TPSA) is 56.1 Å². The molecule has 5 nitrogen and oxygen atoms in total. The van der Waals surface area contributed by atoms with Gasteiger partial charge in [0.15, 0.2) is 13.2 Å². The van der Waals surface area contributed by atoms with Crippen molar-refractivity contribution in [3.05, 3.63) is 88.2 Å². The Labute approximate surface area is 266 Å². The van der Waals surface area contributed by atoms with Crippen LogP contribution in [0.1, 0.15) is 113 Å². The van der Waals surface area contributed by atoms with E-state index in [0.717, 1.165) is 22.3 Å². The van der Waals surface area contributed by atoms with Gasteiger partial charge in [-0.25, -0.2) is 15.0 Å². The van der Waals surface area contributed by atoms with Gasteiger partial charge in [-0.2, -0.15) is 26.3 Å². The maximum atomic E-state index is 13.4. The number of benzene rings is 2. The molecule has 0 radical (unpaired) electrons. The fraction of sp³-hybridized carbons (Fsp3) is 0.457. The zero-order valence-corrected chi connectivity index (χ0v) is 27.3. The van der Waals surface area contributed by atoms with E-state index in [4.69, 9.17) is 9.47 Å². The average Bonchev–Trinajstić information content (AvgIpc) is 2.95. The van der Waals surface area contributed by atoms with Crippen LogP contribution in [0.3, 0.4) is 0 Å². The maximum absolute atomic E-state index is 13.4. The van der Waals surface area contributed by atoms with E-state index in [-0.39, 0.29) is 35.1 Å². The standard InChI is InChI=1S/C35H41F6N3O2/c1-20(2)24-12-9-13-25(21(3)4)30(24)43-32(45-18-34(36,37)38)28-16-11-17-29(42-28)33(46-19-35(39,40)41)44-31-26(22(5)6)14-10-15-27(31)23(7)8/h9-17,20-23H,18-19H2,1-8H3. The van der Waals surface area contributed by atoms with E-state index in [9.17, 15) is 26.3 Å². The van der Waals surface area contributed by atoms with E-state index in [2.05, 4.69) is 15.0 Å². The number of rotatable bonds is 10. The number of aliphatic imine (C=N–C) groups is 2. The fourth-order valence-corrected chi connectivity index (χ4v) is 4.79. The summed E-state index contributed by atoms with van der Waals surface area (Å²) in [5.41, 5.74) is 3.81. The zero-order chi connectivity index (χ0) is 34.4. The first-order valence-electron chi connectivity index (χ1n) is 15.2. The third kappa shape index (κ3) is 10.1. The van der Waals surface area contributed by atoms with Gasteiger partial charge >= 0.3 is 12.4 Å². The lowest BCUT2D eigenvalue weighted by molar-refractivity contribution is -0.156. The van der Waals surface area contributed by atoms with Crippen LogP contribution in [0.25, 0.3) is 0 Å². The molecule has 0 saturated heterocycles. The number of para-hydroxylation sites is 2. The first-order chi connectivity index (χ1) is 21.4. The highest BCUT2D eigenvalue weighted by Gasteiger charge is 2.32. The summed E-state index contributed by atoms with van der Waals surface area (Å²) in [6, 6.07) is 15.3. The van der Waals surface area contributed by atoms with Crippen LogP contribution in [-0.4, -0.2) is 42.3 Å². The monoisotopic (exact) mass is 649 g/mol. The molecule has 0 N–H and O–H groups in total. The minimum atomic E-state index is -4.69. The van der Waals surface area contributed by atoms with E-state index in [1.54, 1.807) is 0 Å². The predicted molar refractivity (Wildman–Crippen MR) is 170 cm³/mol. The lowest BCUT2D eigenvalue weighted by Gasteiger charge is -2.19. The van der Waals surface area contributed by atoms with Crippen LogP contribution in [0.5, 0.6) is 0 Å². The molecule has 2 aromatic carbocycles. The first-order valence-corrected chi connectivity index (χ1v) is 15.2. The number of pyridine rings is 1. The van der Waals surface area contributed by atoms with Crippen LogP contribution >= 0.6 is 0 Å². The van der Waals surface area contributed by atoms with Gasteiger partial charge in [-0.15, -0.1) is 0 Å². The highest BCUT2D eigenvalue weighted by molar-refractivity contribution is 5.98. The van der Waals surface area contributed by atoms with Crippen LogP contribution in [0.15, 0.2) is 64.6 Å². The lowest BCUT2D eigenvalue weighted by atomic mass is 9.93. The van der Waals surface area contributed by atoms with Crippen molar-refractivity contribution in [2.75, 3.05) is 13.2 Å². The van der Waals surface area contributed by atoms with Gasteiger partial charge in [0.2, 0.25) is 11.8 Å². The first kappa shape index (κ1) is 36.6. The molecule has 0 bridgehead atoms. The number of hydrogen-bond acceptors (Lipinski definition) is 5. The molecule has 0 aliphatic carbocycles. The second kappa shape index (κ2) is 15.1. The molecule has 0 atom stereocenters. The van der Waals surface area contributed by atoms with Gasteiger partial charge in [0.05, 0.1) is 11.4 Å². The van der Waals surface area contributed by atoms with Gasteiger partial charge in [-0.3, -0.25) is 0 Å². The van der Waals surface area contributed by atoms with Gasteiger partial charge in [0, 0.05) is 0 Å². The van der Waals surface area contributed by atoms with Crippen molar-refractivity contribution < 1.29 is 35.8 Å². The number of nitrogens with zero attached hydrogens (tertiary/aromatic N) is 3. The Morgan fingerprint density at radius 2 is 0.826 bits per heavy atom. The molecule has 0 spiro atoms. The average molecular weight is 650 g/mol. The summed E-state index contributed by atoms with van der Waals surface area (Å²) in [5.74, 6) is -0.959. The Morgan fingerprint density at radius 1 is 0.543 bits per heavy atom. The third-order valence-electron chi connectivity index (χ3n) is 7.04. The molecule has 0 aliphatic rings. The van der Waals surface area contributed by atoms with Crippen LogP contribution < -0.4 is 0 Å². The summed E-state index contributed by atoms with van der Waals surface area (Å²) in [4.78, 5) is 13.6. The second-order valence-corrected chi connectivity index (χ2v) is 12.2. The summed E-state index contributed by atoms with van der Waals surface area (Å²) in [5, 5.41) is 0. The van der Waals surface area contributed by atoms with Crippen molar-refractivity contribution in [2.24, 2.45) is 9.98 Å². The summed E-state index contributed by atoms with van der Waals surface area (Å²) in [6.07, 6.45) is -9.37. The smallest absolute Gasteiger partial charge is 0.422 e. The van der Waals surface area contributed by atoms with Crippen LogP contribution in [0.2, 0.25) is 0 Å². The molecule has 0 amide bonds. The Hall–Kier alpha value is -3.89. The van der Waals surface area contributed by atoms with Gasteiger partial charge in [-0.1, -0.05) is 97.9 Å². The Kier molecular flexibility index (Phi) is 12.0. The Balaban J connectivity index is 2.30. The summed E-state index contributed by atoms with van der Waals surface area (Å²) in [6.45, 7) is 12.2. The normalized spacial score (nSPS) is 13.3. The van der Waals surface area contributed by atoms with Gasteiger partial charge in [0.1, 0.15) is 11.4 Å². The number of ether oxygens (including phenoxy) is 2. The Bertz CT molecular complexity index is 1380. The molecule has 1 heterocycles. The van der Waals surface area contributed by atoms with Gasteiger partial charge in [-0.05, 0) is 58.1 Å². The van der Waals surface area contributed by atoms with Crippen molar-refractivity contribution in [2.45, 2.75) is 91.4 Å². The number of aromatic nitrogens is 1. The molecule has 0 fully saturated rings. The van der Waals surface area contributed by atoms with Crippen molar-refractivity contribution in [3.8, 4) is 0 Å². The van der Waals surface area contributed by atoms with Crippen molar-refractivity contribution in [1.29, 1.82) is 0 Å². The zero-order valence-electron chi connectivity index (χ0n) is 27.3. The molecule has 11 heteroatoms. The van der Waals surface area contributed by atoms with Crippen LogP contribution in [0, 0.1) is 0 Å². The van der Waals surface area contributed by atoms with E-state index < -0.39 is 37.4 Å². The van der Waals surface area contributed by atoms with E-state index in [1.807, 2.05) is 91.8 Å². The summed E-state index contributed by atoms with van der Waals surface area (Å²) < 4.78 is 90.9. The molecule has 1 aromatic heterocycles. The predicted octanol–water partition coefficient (Wildman–Crippen LogP) is 10.9. The molecule has 250 valence electrons. The molecule has 3 rings (SSSR count). The molecular formula is C35H41F6N3O2. The number of halogens is 6. The molecular weight excluding hydrogens is 608 g/mol. The Morgan fingerprint density at radius 3 is 1.09 bits per heavy atom. The molecule has 0 aliphatic heterocycles. The SMILES string of the molecule is CC(C)c1cccc(C(C)C)c1N=C(OCC(F)(F)F)c1cccc(C(=Nc2c(C(C)C)cccc2C(C)C)OCC(F)(F)F)n1. The van der Waals surface area contributed by atoms with E-state index in [0.29, 0.717) is 11.4 Å². The van der Waals surface area contributed by atoms with Crippen LogP contribution in [0.4, 0.5) is 37.7 Å². The van der Waals surface area contributed by atoms with Crippen LogP contribution in [-0.2, 0) is 9.47 Å². The van der Waals surface area contributed by atoms with E-state index >= 15 is 0 Å². The highest BCUT2D eigenvalue weighted by atomic mass is 19.4. The van der Waals surface area contributed by atoms with Crippen molar-refractivity contribution in [3.63, 3.8) is 0 Å². The van der Waals surface area contributed by atoms with Gasteiger partial charge < -0.3 is 9.47 Å². The van der Waals surface area contributed by atoms with E-state index in [1.165, 1.54) is 18.2 Å². The quantitative estimate of drug-likeness (QED) is 0.125. The molecule has 0 unspecified atom stereocenters. The van der Waals surface area contributed by atoms with Crippen molar-refractivity contribution in [1.82, 2.24) is 4.98 Å². The highest BCUT2D eigenvalue weighted by Crippen LogP contribution is 2.37. The van der Waals surface area contributed by atoms with Gasteiger partial charge in [0.25, 0.3) is 0 Å². The van der Waals surface area contributed by atoms with Crippen molar-refractivity contribution >= 4 is 23.2 Å². The molecule has 46 heavy (non-hydrogen) atoms. The molecule has 3 aromatic rings. The second-order valence-electron chi connectivity index (χ2n) is 12.2.